The highest BCUT2D eigenvalue weighted by Crippen LogP contribution is 2.19. The van der Waals surface area contributed by atoms with E-state index in [9.17, 15) is 9.59 Å². The van der Waals surface area contributed by atoms with Gasteiger partial charge in [0.2, 0.25) is 0 Å². The molecule has 0 unspecified atom stereocenters. The Hall–Kier alpha value is -3.71. The van der Waals surface area contributed by atoms with Crippen LogP contribution in [0, 0.1) is 0 Å². The van der Waals surface area contributed by atoms with Crippen LogP contribution < -0.4 is 20.3 Å². The maximum absolute atomic E-state index is 13.0. The third kappa shape index (κ3) is 5.92. The van der Waals surface area contributed by atoms with Crippen molar-refractivity contribution in [3.8, 4) is 5.75 Å². The highest BCUT2D eigenvalue weighted by atomic mass is 32.1. The lowest BCUT2D eigenvalue weighted by Gasteiger charge is -2.21. The van der Waals surface area contributed by atoms with Gasteiger partial charge in [0.1, 0.15) is 5.75 Å². The molecule has 2 N–H and O–H groups in total. The van der Waals surface area contributed by atoms with E-state index < -0.39 is 0 Å². The van der Waals surface area contributed by atoms with Gasteiger partial charge in [-0.2, -0.15) is 0 Å². The van der Waals surface area contributed by atoms with Crippen molar-refractivity contribution in [2.75, 3.05) is 23.4 Å². The first-order valence-electron chi connectivity index (χ1n) is 10.3. The SMILES string of the molecule is CCOc1cccc(C(=O)NC(=S)Nc2cccc(C(=O)N(CC)c3ccccc3)c2)c1. The first-order chi connectivity index (χ1) is 15.5. The number of carbonyl (C=O) groups excluding carboxylic acids is 2. The summed E-state index contributed by atoms with van der Waals surface area (Å²) in [6, 6.07) is 23.4. The number of ether oxygens (including phenoxy) is 1. The molecule has 0 bridgehead atoms. The van der Waals surface area contributed by atoms with Crippen LogP contribution in [0.5, 0.6) is 5.75 Å². The Bertz CT molecular complexity index is 1100. The highest BCUT2D eigenvalue weighted by molar-refractivity contribution is 7.80. The molecule has 32 heavy (non-hydrogen) atoms. The molecular formula is C25H25N3O3S. The Morgan fingerprint density at radius 2 is 1.62 bits per heavy atom. The van der Waals surface area contributed by atoms with Gasteiger partial charge in [-0.15, -0.1) is 0 Å². The van der Waals surface area contributed by atoms with Crippen LogP contribution in [-0.4, -0.2) is 30.1 Å². The van der Waals surface area contributed by atoms with Crippen LogP contribution in [0.15, 0.2) is 78.9 Å². The Balaban J connectivity index is 1.67. The van der Waals surface area contributed by atoms with E-state index in [1.54, 1.807) is 53.4 Å². The van der Waals surface area contributed by atoms with Gasteiger partial charge in [0.15, 0.2) is 5.11 Å². The summed E-state index contributed by atoms with van der Waals surface area (Å²) in [6.45, 7) is 4.86. The second kappa shape index (κ2) is 11.1. The fourth-order valence-electron chi connectivity index (χ4n) is 3.17. The van der Waals surface area contributed by atoms with E-state index >= 15 is 0 Å². The van der Waals surface area contributed by atoms with E-state index in [1.165, 1.54) is 0 Å². The molecule has 0 saturated carbocycles. The lowest BCUT2D eigenvalue weighted by atomic mass is 10.1. The predicted molar refractivity (Wildman–Crippen MR) is 132 cm³/mol. The third-order valence-corrected chi connectivity index (χ3v) is 4.84. The Kier molecular flexibility index (Phi) is 7.94. The number of nitrogens with one attached hydrogen (secondary N) is 2. The minimum absolute atomic E-state index is 0.120. The summed E-state index contributed by atoms with van der Waals surface area (Å²) >= 11 is 5.29. The van der Waals surface area contributed by atoms with Gasteiger partial charge in [-0.05, 0) is 74.6 Å². The number of thiocarbonyl (C=S) groups is 1. The van der Waals surface area contributed by atoms with Crippen molar-refractivity contribution < 1.29 is 14.3 Å². The summed E-state index contributed by atoms with van der Waals surface area (Å²) in [6.07, 6.45) is 0. The smallest absolute Gasteiger partial charge is 0.258 e. The van der Waals surface area contributed by atoms with Crippen LogP contribution in [0.3, 0.4) is 0 Å². The molecule has 3 aromatic carbocycles. The van der Waals surface area contributed by atoms with E-state index in [2.05, 4.69) is 10.6 Å². The maximum Gasteiger partial charge on any atom is 0.258 e. The van der Waals surface area contributed by atoms with Crippen molar-refractivity contribution in [2.45, 2.75) is 13.8 Å². The summed E-state index contributed by atoms with van der Waals surface area (Å²) in [5, 5.41) is 5.76. The second-order valence-electron chi connectivity index (χ2n) is 6.83. The monoisotopic (exact) mass is 447 g/mol. The molecule has 0 aliphatic carbocycles. The summed E-state index contributed by atoms with van der Waals surface area (Å²) < 4.78 is 5.43. The molecule has 164 valence electrons. The van der Waals surface area contributed by atoms with Crippen molar-refractivity contribution in [1.29, 1.82) is 0 Å². The standard InChI is InChI=1S/C25H25N3O3S/c1-3-28(21-13-6-5-7-14-21)24(30)19-11-8-12-20(16-19)26-25(32)27-23(29)18-10-9-15-22(17-18)31-4-2/h5-17H,3-4H2,1-2H3,(H2,26,27,29,32). The zero-order chi connectivity index (χ0) is 22.9. The quantitative estimate of drug-likeness (QED) is 0.505. The molecule has 0 heterocycles. The van der Waals surface area contributed by atoms with Crippen LogP contribution in [0.25, 0.3) is 0 Å². The summed E-state index contributed by atoms with van der Waals surface area (Å²) in [5.41, 5.74) is 2.38. The van der Waals surface area contributed by atoms with Crippen LogP contribution in [0.2, 0.25) is 0 Å². The van der Waals surface area contributed by atoms with Gasteiger partial charge in [0, 0.05) is 29.0 Å². The van der Waals surface area contributed by atoms with Gasteiger partial charge >= 0.3 is 0 Å². The summed E-state index contributed by atoms with van der Waals surface area (Å²) in [7, 11) is 0. The van der Waals surface area contributed by atoms with E-state index in [1.807, 2.05) is 44.2 Å². The molecule has 0 fully saturated rings. The molecule has 3 aromatic rings. The molecule has 0 radical (unpaired) electrons. The first kappa shape index (κ1) is 23.0. The zero-order valence-electron chi connectivity index (χ0n) is 18.0. The molecule has 2 amide bonds. The van der Waals surface area contributed by atoms with E-state index in [4.69, 9.17) is 17.0 Å². The van der Waals surface area contributed by atoms with Crippen LogP contribution in [-0.2, 0) is 0 Å². The molecule has 0 aliphatic heterocycles. The van der Waals surface area contributed by atoms with E-state index in [0.29, 0.717) is 35.7 Å². The molecule has 6 nitrogen and oxygen atoms in total. The molecule has 0 atom stereocenters. The summed E-state index contributed by atoms with van der Waals surface area (Å²) in [4.78, 5) is 27.3. The number of para-hydroxylation sites is 1. The van der Waals surface area contributed by atoms with E-state index in [0.717, 1.165) is 5.69 Å². The topological polar surface area (TPSA) is 70.7 Å². The highest BCUT2D eigenvalue weighted by Gasteiger charge is 2.16. The number of amides is 2. The van der Waals surface area contributed by atoms with Crippen molar-refractivity contribution >= 4 is 40.5 Å². The van der Waals surface area contributed by atoms with Crippen LogP contribution in [0.1, 0.15) is 34.6 Å². The van der Waals surface area contributed by atoms with Gasteiger partial charge in [0.25, 0.3) is 11.8 Å². The molecule has 0 saturated heterocycles. The van der Waals surface area contributed by atoms with Crippen LogP contribution in [0.4, 0.5) is 11.4 Å². The lowest BCUT2D eigenvalue weighted by molar-refractivity contribution is 0.0973. The zero-order valence-corrected chi connectivity index (χ0v) is 18.8. The summed E-state index contributed by atoms with van der Waals surface area (Å²) in [5.74, 6) is 0.145. The second-order valence-corrected chi connectivity index (χ2v) is 7.24. The minimum Gasteiger partial charge on any atom is -0.494 e. The molecule has 0 aromatic heterocycles. The Labute approximate surface area is 193 Å². The average molecular weight is 448 g/mol. The molecule has 0 spiro atoms. The van der Waals surface area contributed by atoms with Gasteiger partial charge in [-0.1, -0.05) is 30.3 Å². The van der Waals surface area contributed by atoms with Crippen molar-refractivity contribution in [3.63, 3.8) is 0 Å². The van der Waals surface area contributed by atoms with E-state index in [-0.39, 0.29) is 16.9 Å². The Morgan fingerprint density at radius 3 is 2.34 bits per heavy atom. The molecule has 7 heteroatoms. The molecule has 3 rings (SSSR count). The maximum atomic E-state index is 13.0. The minimum atomic E-state index is -0.350. The number of nitrogens with zero attached hydrogens (tertiary/aromatic N) is 1. The number of benzene rings is 3. The lowest BCUT2D eigenvalue weighted by Crippen LogP contribution is -2.34. The number of hydrogen-bond acceptors (Lipinski definition) is 4. The first-order valence-corrected chi connectivity index (χ1v) is 10.7. The van der Waals surface area contributed by atoms with Gasteiger partial charge in [-0.25, -0.2) is 0 Å². The number of anilines is 2. The van der Waals surface area contributed by atoms with Crippen molar-refractivity contribution in [2.24, 2.45) is 0 Å². The van der Waals surface area contributed by atoms with Gasteiger partial charge in [0.05, 0.1) is 6.61 Å². The molecular weight excluding hydrogens is 422 g/mol. The third-order valence-electron chi connectivity index (χ3n) is 4.63. The predicted octanol–water partition coefficient (Wildman–Crippen LogP) is 4.88. The van der Waals surface area contributed by atoms with Gasteiger partial charge in [-0.3, -0.25) is 14.9 Å². The van der Waals surface area contributed by atoms with Crippen molar-refractivity contribution in [1.82, 2.24) is 5.32 Å². The van der Waals surface area contributed by atoms with Crippen LogP contribution >= 0.6 is 12.2 Å². The van der Waals surface area contributed by atoms with Crippen molar-refractivity contribution in [3.05, 3.63) is 90.0 Å². The number of rotatable bonds is 7. The largest absolute Gasteiger partial charge is 0.494 e. The number of hydrogen-bond donors (Lipinski definition) is 2. The van der Waals surface area contributed by atoms with Gasteiger partial charge < -0.3 is 15.0 Å². The fourth-order valence-corrected chi connectivity index (χ4v) is 3.38. The fraction of sp³-hybridized carbons (Fsp3) is 0.160. The molecule has 0 aliphatic rings. The normalized spacial score (nSPS) is 10.2. The number of carbonyl (C=O) groups is 2. The Morgan fingerprint density at radius 1 is 0.906 bits per heavy atom. The average Bonchev–Trinajstić information content (AvgIpc) is 2.80.